The van der Waals surface area contributed by atoms with Crippen LogP contribution in [-0.2, 0) is 14.9 Å². The van der Waals surface area contributed by atoms with Crippen molar-refractivity contribution in [1.29, 1.82) is 0 Å². The number of hydrogen-bond acceptors (Lipinski definition) is 3. The molecule has 1 atom stereocenters. The van der Waals surface area contributed by atoms with Gasteiger partial charge >= 0.3 is 6.09 Å². The first-order valence-corrected chi connectivity index (χ1v) is 9.85. The van der Waals surface area contributed by atoms with Crippen LogP contribution < -0.4 is 5.32 Å². The van der Waals surface area contributed by atoms with Crippen LogP contribution in [0.5, 0.6) is 0 Å². The molecule has 1 aromatic carbocycles. The molecule has 0 radical (unpaired) electrons. The zero-order chi connectivity index (χ0) is 19.6. The Balaban J connectivity index is 1.73. The van der Waals surface area contributed by atoms with Gasteiger partial charge in [-0.1, -0.05) is 24.6 Å². The van der Waals surface area contributed by atoms with Gasteiger partial charge in [0.15, 0.2) is 0 Å². The lowest BCUT2D eigenvalue weighted by Gasteiger charge is -2.34. The number of halogens is 1. The van der Waals surface area contributed by atoms with Gasteiger partial charge < -0.3 is 10.1 Å². The van der Waals surface area contributed by atoms with Gasteiger partial charge in [-0.2, -0.15) is 0 Å². The van der Waals surface area contributed by atoms with Gasteiger partial charge in [0.2, 0.25) is 5.91 Å². The Morgan fingerprint density at radius 2 is 2.04 bits per heavy atom. The van der Waals surface area contributed by atoms with Crippen molar-refractivity contribution >= 4 is 35.0 Å². The van der Waals surface area contributed by atoms with E-state index < -0.39 is 11.0 Å². The molecule has 2 amide bonds. The molecule has 1 saturated carbocycles. The van der Waals surface area contributed by atoms with Crippen molar-refractivity contribution in [2.45, 2.75) is 58.0 Å². The van der Waals surface area contributed by atoms with E-state index in [9.17, 15) is 9.59 Å². The Labute approximate surface area is 164 Å². The van der Waals surface area contributed by atoms with E-state index in [4.69, 9.17) is 16.3 Å². The summed E-state index contributed by atoms with van der Waals surface area (Å²) in [6.07, 6.45) is 4.29. The van der Waals surface area contributed by atoms with Gasteiger partial charge in [0, 0.05) is 6.54 Å². The zero-order valence-corrected chi connectivity index (χ0v) is 16.9. The first-order valence-electron chi connectivity index (χ1n) is 9.47. The minimum absolute atomic E-state index is 0.0341. The smallest absolute Gasteiger partial charge is 0.414 e. The molecule has 2 aliphatic heterocycles. The molecule has 4 rings (SSSR count). The normalized spacial score (nSPS) is 23.0. The molecule has 1 spiro atoms. The number of nitrogens with zero attached hydrogens (tertiary/aromatic N) is 1. The molecule has 0 bridgehead atoms. The summed E-state index contributed by atoms with van der Waals surface area (Å²) >= 11 is 6.50. The minimum atomic E-state index is -0.563. The fourth-order valence-electron chi connectivity index (χ4n) is 3.91. The summed E-state index contributed by atoms with van der Waals surface area (Å²) in [4.78, 5) is 26.9. The Hall–Kier alpha value is -2.01. The van der Waals surface area contributed by atoms with Crippen LogP contribution >= 0.6 is 11.6 Å². The number of rotatable bonds is 1. The summed E-state index contributed by atoms with van der Waals surface area (Å²) in [5.74, 6) is 0.385. The largest absolute Gasteiger partial charge is 0.443 e. The van der Waals surface area contributed by atoms with Gasteiger partial charge in [-0.15, -0.1) is 0 Å². The third-order valence-corrected chi connectivity index (χ3v) is 5.74. The number of anilines is 1. The van der Waals surface area contributed by atoms with Crippen molar-refractivity contribution in [3.05, 3.63) is 34.4 Å². The third kappa shape index (κ3) is 3.12. The van der Waals surface area contributed by atoms with E-state index in [-0.39, 0.29) is 12.0 Å². The zero-order valence-electron chi connectivity index (χ0n) is 16.2. The lowest BCUT2D eigenvalue weighted by molar-refractivity contribution is -0.117. The predicted molar refractivity (Wildman–Crippen MR) is 106 cm³/mol. The summed E-state index contributed by atoms with van der Waals surface area (Å²) in [7, 11) is 0. The molecule has 6 heteroatoms. The topological polar surface area (TPSA) is 58.6 Å². The molecular formula is C21H25ClN2O3. The lowest BCUT2D eigenvalue weighted by atomic mass is 9.93. The number of fused-ring (bicyclic) bond motifs is 2. The highest BCUT2D eigenvalue weighted by Crippen LogP contribution is 2.57. The molecule has 144 valence electrons. The monoisotopic (exact) mass is 388 g/mol. The van der Waals surface area contributed by atoms with Crippen molar-refractivity contribution in [2.24, 2.45) is 5.92 Å². The molecule has 1 N–H and O–H groups in total. The molecule has 27 heavy (non-hydrogen) atoms. The molecule has 0 aromatic heterocycles. The average molecular weight is 389 g/mol. The van der Waals surface area contributed by atoms with Crippen LogP contribution in [0.25, 0.3) is 5.70 Å². The van der Waals surface area contributed by atoms with Crippen LogP contribution in [0, 0.1) is 5.92 Å². The highest BCUT2D eigenvalue weighted by atomic mass is 35.5. The second-order valence-corrected chi connectivity index (χ2v) is 9.35. The number of carbonyl (C=O) groups excluding carboxylic acids is 2. The summed E-state index contributed by atoms with van der Waals surface area (Å²) in [6, 6.07) is 3.85. The highest BCUT2D eigenvalue weighted by molar-refractivity contribution is 6.35. The quantitative estimate of drug-likeness (QED) is 0.741. The van der Waals surface area contributed by atoms with Crippen LogP contribution in [0.15, 0.2) is 18.2 Å². The van der Waals surface area contributed by atoms with E-state index in [1.54, 1.807) is 4.90 Å². The van der Waals surface area contributed by atoms with Gasteiger partial charge in [-0.3, -0.25) is 9.69 Å². The van der Waals surface area contributed by atoms with E-state index in [0.29, 0.717) is 17.5 Å². The van der Waals surface area contributed by atoms with Crippen molar-refractivity contribution in [3.63, 3.8) is 0 Å². The number of nitrogens with one attached hydrogen (secondary N) is 1. The number of carbonyl (C=O) groups is 2. The van der Waals surface area contributed by atoms with Crippen LogP contribution in [-0.4, -0.2) is 29.0 Å². The van der Waals surface area contributed by atoms with Crippen LogP contribution in [0.3, 0.4) is 0 Å². The maximum atomic E-state index is 12.8. The summed E-state index contributed by atoms with van der Waals surface area (Å²) < 4.78 is 5.62. The average Bonchev–Trinajstić information content (AvgIpc) is 3.31. The van der Waals surface area contributed by atoms with Crippen LogP contribution in [0.2, 0.25) is 5.02 Å². The Kier molecular flexibility index (Phi) is 4.08. The van der Waals surface area contributed by atoms with Gasteiger partial charge in [0.05, 0.1) is 21.8 Å². The predicted octanol–water partition coefficient (Wildman–Crippen LogP) is 4.94. The van der Waals surface area contributed by atoms with Crippen molar-refractivity contribution < 1.29 is 14.3 Å². The first-order chi connectivity index (χ1) is 12.6. The van der Waals surface area contributed by atoms with Gasteiger partial charge in [0.25, 0.3) is 0 Å². The second-order valence-electron chi connectivity index (χ2n) is 8.94. The van der Waals surface area contributed by atoms with Gasteiger partial charge in [0.1, 0.15) is 5.60 Å². The number of allylic oxidation sites excluding steroid dienone is 1. The first kappa shape index (κ1) is 18.4. The summed E-state index contributed by atoms with van der Waals surface area (Å²) in [5, 5.41) is 3.44. The summed E-state index contributed by atoms with van der Waals surface area (Å²) in [5.41, 5.74) is 2.36. The molecular weight excluding hydrogens is 364 g/mol. The van der Waals surface area contributed by atoms with E-state index in [0.717, 1.165) is 41.8 Å². The summed E-state index contributed by atoms with van der Waals surface area (Å²) in [6.45, 7) is 8.30. The Morgan fingerprint density at radius 3 is 2.67 bits per heavy atom. The van der Waals surface area contributed by atoms with E-state index in [1.807, 2.05) is 32.9 Å². The molecule has 1 aliphatic carbocycles. The van der Waals surface area contributed by atoms with Crippen LogP contribution in [0.1, 0.15) is 58.1 Å². The Bertz CT molecular complexity index is 865. The highest BCUT2D eigenvalue weighted by Gasteiger charge is 2.56. The Morgan fingerprint density at radius 1 is 1.33 bits per heavy atom. The van der Waals surface area contributed by atoms with Crippen LogP contribution in [0.4, 0.5) is 10.5 Å². The molecule has 1 fully saturated rings. The number of benzene rings is 1. The number of hydrogen-bond donors (Lipinski definition) is 1. The molecule has 3 aliphatic rings. The van der Waals surface area contributed by atoms with E-state index >= 15 is 0 Å². The van der Waals surface area contributed by atoms with Crippen molar-refractivity contribution in [2.75, 3.05) is 11.9 Å². The fraction of sp³-hybridized carbons (Fsp3) is 0.524. The van der Waals surface area contributed by atoms with E-state index in [1.165, 1.54) is 0 Å². The molecule has 1 aromatic rings. The SMILES string of the molecule is C[C@H]1CC=C(c2cc(Cl)c3c(c2)C2(CC2)C(=O)N3)N(C(=O)OC(C)(C)C)C1. The molecule has 0 saturated heterocycles. The number of ether oxygens (including phenoxy) is 1. The second kappa shape index (κ2) is 5.99. The third-order valence-electron chi connectivity index (χ3n) is 5.44. The maximum absolute atomic E-state index is 12.8. The molecule has 5 nitrogen and oxygen atoms in total. The van der Waals surface area contributed by atoms with Gasteiger partial charge in [-0.05, 0) is 69.2 Å². The minimum Gasteiger partial charge on any atom is -0.443 e. The fourth-order valence-corrected chi connectivity index (χ4v) is 4.17. The van der Waals surface area contributed by atoms with Crippen molar-refractivity contribution in [3.8, 4) is 0 Å². The van der Waals surface area contributed by atoms with Crippen molar-refractivity contribution in [1.82, 2.24) is 4.90 Å². The number of amides is 2. The molecule has 2 heterocycles. The van der Waals surface area contributed by atoms with E-state index in [2.05, 4.69) is 18.3 Å². The lowest BCUT2D eigenvalue weighted by Crippen LogP contribution is -2.39. The van der Waals surface area contributed by atoms with Gasteiger partial charge in [-0.25, -0.2) is 4.79 Å². The maximum Gasteiger partial charge on any atom is 0.414 e. The standard InChI is InChI=1S/C21H25ClN2O3/c1-12-5-6-16(24(11-12)19(26)27-20(2,3)4)13-9-14-17(15(22)10-13)23-18(25)21(14)7-8-21/h6,9-10,12H,5,7-8,11H2,1-4H3,(H,23,25)/t12-/m0/s1. The molecule has 0 unspecified atom stereocenters.